The molecule has 1 fully saturated rings. The summed E-state index contributed by atoms with van der Waals surface area (Å²) in [5, 5.41) is 10.1. The summed E-state index contributed by atoms with van der Waals surface area (Å²) in [6.45, 7) is 7.66. The van der Waals surface area contributed by atoms with Crippen molar-refractivity contribution in [2.24, 2.45) is 5.92 Å². The van der Waals surface area contributed by atoms with Crippen LogP contribution >= 0.6 is 27.5 Å². The summed E-state index contributed by atoms with van der Waals surface area (Å²) in [5.74, 6) is -1.15. The number of hydrogen-bond donors (Lipinski definition) is 1. The van der Waals surface area contributed by atoms with Gasteiger partial charge in [0, 0.05) is 34.0 Å². The van der Waals surface area contributed by atoms with Gasteiger partial charge in [0.05, 0.1) is 5.92 Å². The Morgan fingerprint density at radius 1 is 1.35 bits per heavy atom. The zero-order valence-electron chi connectivity index (χ0n) is 11.9. The highest BCUT2D eigenvalue weighted by atomic mass is 79.9. The van der Waals surface area contributed by atoms with Crippen molar-refractivity contribution in [1.82, 2.24) is 4.90 Å². The molecule has 0 saturated carbocycles. The van der Waals surface area contributed by atoms with Crippen molar-refractivity contribution >= 4 is 33.5 Å². The molecule has 1 aromatic carbocycles. The highest BCUT2D eigenvalue weighted by Gasteiger charge is 2.42. The molecule has 0 radical (unpaired) electrons. The first-order valence-electron chi connectivity index (χ1n) is 6.62. The summed E-state index contributed by atoms with van der Waals surface area (Å²) in [5.41, 5.74) is 0.960. The van der Waals surface area contributed by atoms with E-state index < -0.39 is 5.97 Å². The molecule has 0 aliphatic carbocycles. The molecule has 110 valence electrons. The molecular weight excluding hydrogens is 342 g/mol. The molecule has 0 spiro atoms. The van der Waals surface area contributed by atoms with Crippen LogP contribution in [-0.4, -0.2) is 34.6 Å². The second-order valence-electron chi connectivity index (χ2n) is 6.33. The molecule has 1 heterocycles. The maximum absolute atomic E-state index is 11.6. The van der Waals surface area contributed by atoms with Crippen molar-refractivity contribution in [3.63, 3.8) is 0 Å². The molecule has 2 rings (SSSR count). The Kier molecular flexibility index (Phi) is 4.47. The Bertz CT molecular complexity index is 507. The molecule has 1 aliphatic heterocycles. The van der Waals surface area contributed by atoms with E-state index in [9.17, 15) is 9.90 Å². The summed E-state index contributed by atoms with van der Waals surface area (Å²) < 4.78 is 0.887. The lowest BCUT2D eigenvalue weighted by Crippen LogP contribution is -2.40. The summed E-state index contributed by atoms with van der Waals surface area (Å²) >= 11 is 9.52. The van der Waals surface area contributed by atoms with E-state index in [0.717, 1.165) is 16.6 Å². The Balaban J connectivity index is 2.35. The Morgan fingerprint density at radius 3 is 2.50 bits per heavy atom. The molecular formula is C15H19BrClNO2. The molecule has 1 saturated heterocycles. The third-order valence-electron chi connectivity index (χ3n) is 3.90. The topological polar surface area (TPSA) is 40.5 Å². The van der Waals surface area contributed by atoms with E-state index in [1.807, 2.05) is 18.2 Å². The summed E-state index contributed by atoms with van der Waals surface area (Å²) in [6.07, 6.45) is 0. The van der Waals surface area contributed by atoms with E-state index in [4.69, 9.17) is 11.6 Å². The van der Waals surface area contributed by atoms with Gasteiger partial charge in [-0.1, -0.05) is 27.5 Å². The molecule has 2 atom stereocenters. The van der Waals surface area contributed by atoms with Crippen LogP contribution in [0.2, 0.25) is 5.02 Å². The number of likely N-dealkylation sites (tertiary alicyclic amines) is 1. The third kappa shape index (κ3) is 3.35. The fraction of sp³-hybridized carbons (Fsp3) is 0.533. The maximum Gasteiger partial charge on any atom is 0.308 e. The van der Waals surface area contributed by atoms with Crippen LogP contribution in [0.5, 0.6) is 0 Å². The van der Waals surface area contributed by atoms with Crippen molar-refractivity contribution in [3.05, 3.63) is 33.3 Å². The normalized spacial score (nSPS) is 24.1. The molecule has 3 nitrogen and oxygen atoms in total. The van der Waals surface area contributed by atoms with Gasteiger partial charge in [0.15, 0.2) is 0 Å². The van der Waals surface area contributed by atoms with E-state index in [2.05, 4.69) is 41.6 Å². The highest BCUT2D eigenvalue weighted by molar-refractivity contribution is 9.10. The molecule has 0 aromatic heterocycles. The molecule has 20 heavy (non-hydrogen) atoms. The zero-order chi connectivity index (χ0) is 15.1. The lowest BCUT2D eigenvalue weighted by atomic mass is 9.89. The van der Waals surface area contributed by atoms with Crippen molar-refractivity contribution < 1.29 is 9.90 Å². The van der Waals surface area contributed by atoms with Crippen LogP contribution in [0.4, 0.5) is 0 Å². The standard InChI is InChI=1S/C15H19BrClNO2/c1-15(2,3)18-7-12(13(8-18)14(19)20)9-4-10(16)6-11(17)5-9/h4-6,12-13H,7-8H2,1-3H3,(H,19,20)/t12-,13+/m0/s1. The largest absolute Gasteiger partial charge is 0.481 e. The first-order valence-corrected chi connectivity index (χ1v) is 7.79. The van der Waals surface area contributed by atoms with Gasteiger partial charge >= 0.3 is 5.97 Å². The van der Waals surface area contributed by atoms with Gasteiger partial charge in [0.25, 0.3) is 0 Å². The van der Waals surface area contributed by atoms with Crippen molar-refractivity contribution in [2.45, 2.75) is 32.2 Å². The number of benzene rings is 1. The number of nitrogens with zero attached hydrogens (tertiary/aromatic N) is 1. The fourth-order valence-electron chi connectivity index (χ4n) is 2.73. The smallest absolute Gasteiger partial charge is 0.308 e. The Labute approximate surface area is 133 Å². The number of aliphatic carboxylic acids is 1. The molecule has 0 unspecified atom stereocenters. The average molecular weight is 361 g/mol. The predicted molar refractivity (Wildman–Crippen MR) is 84.3 cm³/mol. The van der Waals surface area contributed by atoms with Crippen LogP contribution in [0, 0.1) is 5.92 Å². The number of halogens is 2. The number of rotatable bonds is 2. The minimum absolute atomic E-state index is 0.0262. The number of carbonyl (C=O) groups is 1. The van der Waals surface area contributed by atoms with Crippen LogP contribution in [0.3, 0.4) is 0 Å². The van der Waals surface area contributed by atoms with Gasteiger partial charge in [0.1, 0.15) is 0 Å². The van der Waals surface area contributed by atoms with E-state index in [1.54, 1.807) is 0 Å². The Hall–Kier alpha value is -0.580. The molecule has 1 N–H and O–H groups in total. The maximum atomic E-state index is 11.6. The van der Waals surface area contributed by atoms with E-state index >= 15 is 0 Å². The van der Waals surface area contributed by atoms with E-state index in [0.29, 0.717) is 11.6 Å². The second kappa shape index (κ2) is 5.66. The monoisotopic (exact) mass is 359 g/mol. The van der Waals surface area contributed by atoms with Gasteiger partial charge in [-0.15, -0.1) is 0 Å². The zero-order valence-corrected chi connectivity index (χ0v) is 14.2. The van der Waals surface area contributed by atoms with Crippen molar-refractivity contribution in [3.8, 4) is 0 Å². The summed E-state index contributed by atoms with van der Waals surface area (Å²) in [4.78, 5) is 13.8. The SMILES string of the molecule is CC(C)(C)N1C[C@@H](C(=O)O)[C@H](c2cc(Cl)cc(Br)c2)C1. The molecule has 0 bridgehead atoms. The summed E-state index contributed by atoms with van der Waals surface area (Å²) in [7, 11) is 0. The molecule has 0 amide bonds. The van der Waals surface area contributed by atoms with Gasteiger partial charge in [-0.2, -0.15) is 0 Å². The molecule has 1 aliphatic rings. The number of carboxylic acid groups (broad SMARTS) is 1. The minimum atomic E-state index is -0.738. The van der Waals surface area contributed by atoms with Gasteiger partial charge in [-0.25, -0.2) is 0 Å². The quantitative estimate of drug-likeness (QED) is 0.866. The lowest BCUT2D eigenvalue weighted by Gasteiger charge is -2.31. The first kappa shape index (κ1) is 15.8. The van der Waals surface area contributed by atoms with Crippen LogP contribution in [0.1, 0.15) is 32.3 Å². The van der Waals surface area contributed by atoms with Crippen LogP contribution in [-0.2, 0) is 4.79 Å². The highest BCUT2D eigenvalue weighted by Crippen LogP contribution is 2.38. The van der Waals surface area contributed by atoms with Crippen LogP contribution < -0.4 is 0 Å². The van der Waals surface area contributed by atoms with Gasteiger partial charge in [0.2, 0.25) is 0 Å². The number of hydrogen-bond acceptors (Lipinski definition) is 2. The van der Waals surface area contributed by atoms with Gasteiger partial charge in [-0.05, 0) is 44.5 Å². The minimum Gasteiger partial charge on any atom is -0.481 e. The van der Waals surface area contributed by atoms with Crippen molar-refractivity contribution in [2.75, 3.05) is 13.1 Å². The van der Waals surface area contributed by atoms with Crippen LogP contribution in [0.15, 0.2) is 22.7 Å². The van der Waals surface area contributed by atoms with Gasteiger partial charge < -0.3 is 5.11 Å². The third-order valence-corrected chi connectivity index (χ3v) is 4.57. The van der Waals surface area contributed by atoms with Crippen molar-refractivity contribution in [1.29, 1.82) is 0 Å². The molecule has 5 heteroatoms. The van der Waals surface area contributed by atoms with Crippen LogP contribution in [0.25, 0.3) is 0 Å². The number of carboxylic acids is 1. The Morgan fingerprint density at radius 2 is 2.00 bits per heavy atom. The summed E-state index contributed by atoms with van der Waals surface area (Å²) in [6, 6.07) is 5.66. The van der Waals surface area contributed by atoms with Gasteiger partial charge in [-0.3, -0.25) is 9.69 Å². The van der Waals surface area contributed by atoms with E-state index in [1.165, 1.54) is 0 Å². The fourth-order valence-corrected chi connectivity index (χ4v) is 3.62. The first-order chi connectivity index (χ1) is 9.18. The average Bonchev–Trinajstić information content (AvgIpc) is 2.71. The predicted octanol–water partition coefficient (Wildman–Crippen LogP) is 4.00. The van der Waals surface area contributed by atoms with E-state index in [-0.39, 0.29) is 17.4 Å². The second-order valence-corrected chi connectivity index (χ2v) is 7.68. The lowest BCUT2D eigenvalue weighted by molar-refractivity contribution is -0.141. The molecule has 1 aromatic rings.